The van der Waals surface area contributed by atoms with Gasteiger partial charge < -0.3 is 15.2 Å². The van der Waals surface area contributed by atoms with Crippen LogP contribution in [0.4, 0.5) is 17.5 Å². The molecule has 0 amide bonds. The van der Waals surface area contributed by atoms with Gasteiger partial charge in [0.15, 0.2) is 5.15 Å². The van der Waals surface area contributed by atoms with Crippen molar-refractivity contribution < 1.29 is 0 Å². The number of aromatic amines is 1. The highest BCUT2D eigenvalue weighted by Gasteiger charge is 2.32. The molecule has 138 valence electrons. The van der Waals surface area contributed by atoms with Crippen LogP contribution in [0.15, 0.2) is 18.5 Å². The first kappa shape index (κ1) is 17.1. The molecule has 4 rings (SSSR count). The highest BCUT2D eigenvalue weighted by molar-refractivity contribution is 6.32. The number of hydrogen-bond donors (Lipinski definition) is 2. The van der Waals surface area contributed by atoms with Crippen LogP contribution in [0.25, 0.3) is 11.0 Å². The zero-order valence-corrected chi connectivity index (χ0v) is 16.2. The maximum Gasteiger partial charge on any atom is 0.231 e. The number of anilines is 3. The topological polar surface area (TPSA) is 74.7 Å². The Bertz CT molecular complexity index is 925. The van der Waals surface area contributed by atoms with Gasteiger partial charge in [-0.15, -0.1) is 0 Å². The van der Waals surface area contributed by atoms with E-state index in [-0.39, 0.29) is 6.04 Å². The Balaban J connectivity index is 1.69. The van der Waals surface area contributed by atoms with E-state index >= 15 is 0 Å². The van der Waals surface area contributed by atoms with Gasteiger partial charge in [0.25, 0.3) is 0 Å². The number of nitrogens with zero attached hydrogens (tertiary/aromatic N) is 5. The number of fused-ring (bicyclic) bond motifs is 1. The maximum absolute atomic E-state index is 6.27. The molecule has 0 saturated heterocycles. The smallest absolute Gasteiger partial charge is 0.231 e. The van der Waals surface area contributed by atoms with Crippen molar-refractivity contribution in [2.45, 2.75) is 45.7 Å². The van der Waals surface area contributed by atoms with Gasteiger partial charge in [-0.25, -0.2) is 0 Å². The van der Waals surface area contributed by atoms with Crippen LogP contribution in [0.5, 0.6) is 0 Å². The molecule has 1 fully saturated rings. The van der Waals surface area contributed by atoms with Gasteiger partial charge in [-0.3, -0.25) is 4.68 Å². The first-order valence-corrected chi connectivity index (χ1v) is 9.41. The summed E-state index contributed by atoms with van der Waals surface area (Å²) in [5.41, 5.74) is 1.51. The number of nitrogens with one attached hydrogen (secondary N) is 2. The van der Waals surface area contributed by atoms with Crippen LogP contribution in [0.1, 0.15) is 39.7 Å². The van der Waals surface area contributed by atoms with Crippen molar-refractivity contribution in [3.8, 4) is 0 Å². The molecule has 1 atom stereocenters. The van der Waals surface area contributed by atoms with Crippen molar-refractivity contribution in [3.63, 3.8) is 0 Å². The summed E-state index contributed by atoms with van der Waals surface area (Å²) in [4.78, 5) is 14.8. The molecular weight excluding hydrogens is 350 g/mol. The summed E-state index contributed by atoms with van der Waals surface area (Å²) in [6.45, 7) is 6.37. The lowest BCUT2D eigenvalue weighted by atomic mass is 10.2. The minimum atomic E-state index is 0.232. The van der Waals surface area contributed by atoms with Gasteiger partial charge in [-0.2, -0.15) is 15.1 Å². The first-order chi connectivity index (χ1) is 12.4. The van der Waals surface area contributed by atoms with E-state index in [1.165, 1.54) is 12.8 Å². The largest absolute Gasteiger partial charge is 0.356 e. The lowest BCUT2D eigenvalue weighted by Crippen LogP contribution is -2.31. The van der Waals surface area contributed by atoms with Crippen LogP contribution in [-0.4, -0.2) is 37.8 Å². The van der Waals surface area contributed by atoms with E-state index in [9.17, 15) is 0 Å². The van der Waals surface area contributed by atoms with Gasteiger partial charge in [-0.1, -0.05) is 11.6 Å². The predicted molar refractivity (Wildman–Crippen MR) is 105 cm³/mol. The fourth-order valence-corrected chi connectivity index (χ4v) is 3.36. The molecule has 0 spiro atoms. The summed E-state index contributed by atoms with van der Waals surface area (Å²) in [6, 6.07) is 2.70. The molecule has 1 saturated carbocycles. The van der Waals surface area contributed by atoms with Crippen LogP contribution in [0.2, 0.25) is 5.15 Å². The molecule has 0 aliphatic heterocycles. The summed E-state index contributed by atoms with van der Waals surface area (Å²) < 4.78 is 1.82. The lowest BCUT2D eigenvalue weighted by molar-refractivity contribution is 0.533. The van der Waals surface area contributed by atoms with Gasteiger partial charge >= 0.3 is 0 Å². The van der Waals surface area contributed by atoms with Crippen molar-refractivity contribution in [1.29, 1.82) is 0 Å². The minimum Gasteiger partial charge on any atom is -0.356 e. The molecule has 7 nitrogen and oxygen atoms in total. The van der Waals surface area contributed by atoms with Crippen molar-refractivity contribution in [1.82, 2.24) is 24.7 Å². The first-order valence-electron chi connectivity index (χ1n) is 9.03. The van der Waals surface area contributed by atoms with E-state index < -0.39 is 0 Å². The molecular formula is C18H24ClN7. The SMILES string of the molecule is CC(C)n1cc(Nc2nc(N(C)[C@@H](C)C3CC3)c3cc[nH]c3n2)c(Cl)n1. The Morgan fingerprint density at radius 1 is 1.31 bits per heavy atom. The molecule has 2 N–H and O–H groups in total. The van der Waals surface area contributed by atoms with E-state index in [0.717, 1.165) is 22.8 Å². The minimum absolute atomic E-state index is 0.232. The number of hydrogen-bond acceptors (Lipinski definition) is 5. The van der Waals surface area contributed by atoms with Gasteiger partial charge in [0.1, 0.15) is 11.5 Å². The number of aromatic nitrogens is 5. The molecule has 3 aromatic rings. The lowest BCUT2D eigenvalue weighted by Gasteiger charge is -2.26. The quantitative estimate of drug-likeness (QED) is 0.671. The summed E-state index contributed by atoms with van der Waals surface area (Å²) in [5, 5.41) is 8.98. The third-order valence-electron chi connectivity index (χ3n) is 5.11. The molecule has 3 heterocycles. The summed E-state index contributed by atoms with van der Waals surface area (Å²) >= 11 is 6.27. The van der Waals surface area contributed by atoms with Gasteiger partial charge in [-0.05, 0) is 45.6 Å². The molecule has 3 aromatic heterocycles. The molecule has 8 heteroatoms. The zero-order chi connectivity index (χ0) is 18.4. The van der Waals surface area contributed by atoms with Gasteiger partial charge in [0, 0.05) is 25.3 Å². The van der Waals surface area contributed by atoms with Crippen LogP contribution < -0.4 is 10.2 Å². The molecule has 26 heavy (non-hydrogen) atoms. The van der Waals surface area contributed by atoms with E-state index in [4.69, 9.17) is 16.6 Å². The second-order valence-electron chi connectivity index (χ2n) is 7.33. The summed E-state index contributed by atoms with van der Waals surface area (Å²) in [5.74, 6) is 2.18. The van der Waals surface area contributed by atoms with Crippen LogP contribution in [-0.2, 0) is 0 Å². The van der Waals surface area contributed by atoms with E-state index in [1.54, 1.807) is 0 Å². The summed E-state index contributed by atoms with van der Waals surface area (Å²) in [6.07, 6.45) is 6.36. The van der Waals surface area contributed by atoms with Crippen LogP contribution >= 0.6 is 11.6 Å². The molecule has 0 aromatic carbocycles. The van der Waals surface area contributed by atoms with E-state index in [1.807, 2.05) is 23.1 Å². The molecule has 0 radical (unpaired) electrons. The highest BCUT2D eigenvalue weighted by Crippen LogP contribution is 2.37. The normalized spacial score (nSPS) is 15.6. The van der Waals surface area contributed by atoms with Crippen LogP contribution in [0, 0.1) is 5.92 Å². The number of halogens is 1. The van der Waals surface area contributed by atoms with Crippen molar-refractivity contribution in [2.24, 2.45) is 5.92 Å². The molecule has 1 aliphatic carbocycles. The number of H-pyrrole nitrogens is 1. The third kappa shape index (κ3) is 3.11. The fraction of sp³-hybridized carbons (Fsp3) is 0.500. The average Bonchev–Trinajstić information content (AvgIpc) is 3.24. The van der Waals surface area contributed by atoms with E-state index in [2.05, 4.69) is 53.1 Å². The monoisotopic (exact) mass is 373 g/mol. The molecule has 1 aliphatic rings. The number of rotatable bonds is 6. The van der Waals surface area contributed by atoms with Gasteiger partial charge in [0.2, 0.25) is 5.95 Å². The summed E-state index contributed by atoms with van der Waals surface area (Å²) in [7, 11) is 2.10. The highest BCUT2D eigenvalue weighted by atomic mass is 35.5. The Kier molecular flexibility index (Phi) is 4.26. The van der Waals surface area contributed by atoms with E-state index in [0.29, 0.717) is 22.8 Å². The maximum atomic E-state index is 6.27. The Labute approximate surface area is 157 Å². The Morgan fingerprint density at radius 3 is 2.73 bits per heavy atom. The van der Waals surface area contributed by atoms with Crippen molar-refractivity contribution in [3.05, 3.63) is 23.6 Å². The standard InChI is InChI=1S/C18H24ClN7/c1-10(2)26-9-14(15(19)24-26)21-18-22-16-13(7-8-20-16)17(23-18)25(4)11(3)12-5-6-12/h7-12H,5-6H2,1-4H3,(H2,20,21,22,23)/t11-/m0/s1. The second-order valence-corrected chi connectivity index (χ2v) is 7.69. The molecule has 0 unspecified atom stereocenters. The third-order valence-corrected chi connectivity index (χ3v) is 5.39. The Hall–Kier alpha value is -2.28. The van der Waals surface area contributed by atoms with Crippen LogP contribution in [0.3, 0.4) is 0 Å². The fourth-order valence-electron chi connectivity index (χ4n) is 3.18. The second kappa shape index (κ2) is 6.46. The van der Waals surface area contributed by atoms with Crippen molar-refractivity contribution in [2.75, 3.05) is 17.3 Å². The zero-order valence-electron chi connectivity index (χ0n) is 15.5. The van der Waals surface area contributed by atoms with Gasteiger partial charge in [0.05, 0.1) is 17.3 Å². The van der Waals surface area contributed by atoms with Crippen molar-refractivity contribution >= 4 is 40.1 Å². The predicted octanol–water partition coefficient (Wildman–Crippen LogP) is 4.37. The Morgan fingerprint density at radius 2 is 2.08 bits per heavy atom. The molecule has 0 bridgehead atoms. The average molecular weight is 374 g/mol.